The fourth-order valence-electron chi connectivity index (χ4n) is 2.62. The number of hydrogen-bond acceptors (Lipinski definition) is 4. The molecule has 2 aromatic rings. The Morgan fingerprint density at radius 3 is 2.54 bits per heavy atom. The number of amides is 2. The zero-order chi connectivity index (χ0) is 20.5. The molecular formula is C22H29N3O3. The molecule has 0 aliphatic carbocycles. The molecule has 0 saturated heterocycles. The number of para-hydroxylation sites is 2. The molecule has 0 unspecified atom stereocenters. The molecule has 28 heavy (non-hydrogen) atoms. The Bertz CT molecular complexity index is 803. The van der Waals surface area contributed by atoms with Crippen molar-refractivity contribution >= 4 is 23.2 Å². The van der Waals surface area contributed by atoms with Gasteiger partial charge >= 0.3 is 0 Å². The minimum atomic E-state index is -0.159. The van der Waals surface area contributed by atoms with Gasteiger partial charge in [0.25, 0.3) is 0 Å². The molecule has 2 aromatic carbocycles. The molecule has 0 radical (unpaired) electrons. The second kappa shape index (κ2) is 10.3. The maximum atomic E-state index is 12.3. The van der Waals surface area contributed by atoms with Gasteiger partial charge in [0.2, 0.25) is 11.8 Å². The number of aryl methyl sites for hydroxylation is 1. The number of nitrogens with one attached hydrogen (secondary N) is 2. The van der Waals surface area contributed by atoms with Gasteiger partial charge in [-0.3, -0.25) is 9.59 Å². The highest BCUT2D eigenvalue weighted by Crippen LogP contribution is 2.24. The third-order valence-electron chi connectivity index (χ3n) is 4.03. The van der Waals surface area contributed by atoms with Crippen molar-refractivity contribution < 1.29 is 14.3 Å². The van der Waals surface area contributed by atoms with Crippen LogP contribution in [0.1, 0.15) is 25.8 Å². The van der Waals surface area contributed by atoms with Crippen molar-refractivity contribution in [1.82, 2.24) is 4.90 Å². The molecule has 2 rings (SSSR count). The molecule has 0 fully saturated rings. The minimum Gasteiger partial charge on any atom is -0.489 e. The molecule has 150 valence electrons. The van der Waals surface area contributed by atoms with Gasteiger partial charge < -0.3 is 20.3 Å². The van der Waals surface area contributed by atoms with Crippen LogP contribution in [0.15, 0.2) is 48.5 Å². The highest BCUT2D eigenvalue weighted by Gasteiger charge is 2.09. The number of anilines is 2. The van der Waals surface area contributed by atoms with E-state index in [4.69, 9.17) is 4.74 Å². The fourth-order valence-corrected chi connectivity index (χ4v) is 2.62. The summed E-state index contributed by atoms with van der Waals surface area (Å²) in [4.78, 5) is 25.6. The molecule has 0 bridgehead atoms. The molecule has 0 aromatic heterocycles. The van der Waals surface area contributed by atoms with E-state index in [1.165, 1.54) is 0 Å². The molecular weight excluding hydrogens is 354 g/mol. The lowest BCUT2D eigenvalue weighted by Crippen LogP contribution is -2.22. The van der Waals surface area contributed by atoms with Crippen LogP contribution in [0, 0.1) is 0 Å². The maximum Gasteiger partial charge on any atom is 0.243 e. The topological polar surface area (TPSA) is 70.7 Å². The highest BCUT2D eigenvalue weighted by molar-refractivity contribution is 5.95. The summed E-state index contributed by atoms with van der Waals surface area (Å²) in [7, 11) is 3.51. The molecule has 0 aliphatic rings. The number of ether oxygens (including phenoxy) is 1. The first kappa shape index (κ1) is 21.3. The third-order valence-corrected chi connectivity index (χ3v) is 4.03. The zero-order valence-corrected chi connectivity index (χ0v) is 17.0. The summed E-state index contributed by atoms with van der Waals surface area (Å²) < 4.78 is 5.72. The first-order chi connectivity index (χ1) is 13.3. The van der Waals surface area contributed by atoms with Gasteiger partial charge in [0.15, 0.2) is 0 Å². The lowest BCUT2D eigenvalue weighted by Gasteiger charge is -2.15. The maximum absolute atomic E-state index is 12.3. The summed E-state index contributed by atoms with van der Waals surface area (Å²) in [5.41, 5.74) is 2.55. The number of rotatable bonds is 9. The molecule has 0 aliphatic heterocycles. The van der Waals surface area contributed by atoms with Crippen molar-refractivity contribution in [3.05, 3.63) is 54.1 Å². The average Bonchev–Trinajstić information content (AvgIpc) is 2.66. The Morgan fingerprint density at radius 2 is 1.82 bits per heavy atom. The van der Waals surface area contributed by atoms with Crippen LogP contribution in [0.4, 0.5) is 11.4 Å². The van der Waals surface area contributed by atoms with Gasteiger partial charge in [0.05, 0.1) is 18.3 Å². The highest BCUT2D eigenvalue weighted by atomic mass is 16.5. The predicted molar refractivity (Wildman–Crippen MR) is 113 cm³/mol. The van der Waals surface area contributed by atoms with Gasteiger partial charge in [0.1, 0.15) is 5.75 Å². The largest absolute Gasteiger partial charge is 0.489 e. The van der Waals surface area contributed by atoms with Gasteiger partial charge in [0, 0.05) is 26.2 Å². The molecule has 0 heterocycles. The predicted octanol–water partition coefficient (Wildman–Crippen LogP) is 3.55. The summed E-state index contributed by atoms with van der Waals surface area (Å²) in [5.74, 6) is 0.589. The van der Waals surface area contributed by atoms with E-state index < -0.39 is 0 Å². The lowest BCUT2D eigenvalue weighted by molar-refractivity contribution is -0.128. The van der Waals surface area contributed by atoms with Crippen LogP contribution >= 0.6 is 0 Å². The standard InChI is InChI=1S/C22H29N3O3/c1-16(2)28-20-11-6-5-10-19(20)24-21(26)15-23-18-9-7-8-17(14-18)12-13-22(27)25(3)4/h5-11,14,16,23H,12-13,15H2,1-4H3,(H,24,26). The average molecular weight is 383 g/mol. The summed E-state index contributed by atoms with van der Waals surface area (Å²) in [5, 5.41) is 6.00. The number of benzene rings is 2. The summed E-state index contributed by atoms with van der Waals surface area (Å²) >= 11 is 0. The van der Waals surface area contributed by atoms with Crippen molar-refractivity contribution in [3.63, 3.8) is 0 Å². The SMILES string of the molecule is CC(C)Oc1ccccc1NC(=O)CNc1cccc(CCC(=O)N(C)C)c1. The van der Waals surface area contributed by atoms with E-state index in [9.17, 15) is 9.59 Å². The van der Waals surface area contributed by atoms with Crippen LogP contribution in [0.3, 0.4) is 0 Å². The second-order valence-corrected chi connectivity index (χ2v) is 7.05. The molecule has 0 saturated carbocycles. The molecule has 6 nitrogen and oxygen atoms in total. The van der Waals surface area contributed by atoms with Crippen LogP contribution in [-0.4, -0.2) is 43.5 Å². The summed E-state index contributed by atoms with van der Waals surface area (Å²) in [6, 6.07) is 15.1. The monoisotopic (exact) mass is 383 g/mol. The van der Waals surface area contributed by atoms with Crippen molar-refractivity contribution in [2.24, 2.45) is 0 Å². The van der Waals surface area contributed by atoms with Gasteiger partial charge in [-0.05, 0) is 50.1 Å². The van der Waals surface area contributed by atoms with Crippen LogP contribution in [0.25, 0.3) is 0 Å². The van der Waals surface area contributed by atoms with Gasteiger partial charge in [-0.15, -0.1) is 0 Å². The van der Waals surface area contributed by atoms with E-state index in [2.05, 4.69) is 10.6 Å². The van der Waals surface area contributed by atoms with Crippen LogP contribution in [0.2, 0.25) is 0 Å². The van der Waals surface area contributed by atoms with Crippen LogP contribution in [0.5, 0.6) is 5.75 Å². The van der Waals surface area contributed by atoms with E-state index in [1.807, 2.05) is 62.4 Å². The Balaban J connectivity index is 1.89. The van der Waals surface area contributed by atoms with Gasteiger partial charge in [-0.1, -0.05) is 24.3 Å². The quantitative estimate of drug-likeness (QED) is 0.695. The van der Waals surface area contributed by atoms with E-state index in [0.717, 1.165) is 11.3 Å². The van der Waals surface area contributed by atoms with Crippen molar-refractivity contribution in [2.75, 3.05) is 31.3 Å². The smallest absolute Gasteiger partial charge is 0.243 e. The zero-order valence-electron chi connectivity index (χ0n) is 17.0. The van der Waals surface area contributed by atoms with E-state index in [0.29, 0.717) is 24.3 Å². The fraction of sp³-hybridized carbons (Fsp3) is 0.364. The molecule has 6 heteroatoms. The van der Waals surface area contributed by atoms with E-state index >= 15 is 0 Å². The van der Waals surface area contributed by atoms with E-state index in [1.54, 1.807) is 19.0 Å². The van der Waals surface area contributed by atoms with Gasteiger partial charge in [-0.25, -0.2) is 0 Å². The summed E-state index contributed by atoms with van der Waals surface area (Å²) in [6.45, 7) is 4.02. The van der Waals surface area contributed by atoms with Crippen LogP contribution in [-0.2, 0) is 16.0 Å². The Hall–Kier alpha value is -3.02. The number of nitrogens with zero attached hydrogens (tertiary/aromatic N) is 1. The summed E-state index contributed by atoms with van der Waals surface area (Å²) in [6.07, 6.45) is 1.15. The molecule has 0 spiro atoms. The normalized spacial score (nSPS) is 10.5. The molecule has 2 N–H and O–H groups in total. The third kappa shape index (κ3) is 6.95. The number of carbonyl (C=O) groups excluding carboxylic acids is 2. The van der Waals surface area contributed by atoms with Gasteiger partial charge in [-0.2, -0.15) is 0 Å². The minimum absolute atomic E-state index is 0.0262. The Kier molecular flexibility index (Phi) is 7.87. The Labute approximate surface area is 166 Å². The lowest BCUT2D eigenvalue weighted by atomic mass is 10.1. The van der Waals surface area contributed by atoms with Crippen molar-refractivity contribution in [2.45, 2.75) is 32.8 Å². The first-order valence-corrected chi connectivity index (χ1v) is 9.43. The Morgan fingerprint density at radius 1 is 1.07 bits per heavy atom. The first-order valence-electron chi connectivity index (χ1n) is 9.43. The number of carbonyl (C=O) groups is 2. The number of hydrogen-bond donors (Lipinski definition) is 2. The molecule has 0 atom stereocenters. The van der Waals surface area contributed by atoms with E-state index in [-0.39, 0.29) is 24.5 Å². The second-order valence-electron chi connectivity index (χ2n) is 7.05. The van der Waals surface area contributed by atoms with Crippen molar-refractivity contribution in [1.29, 1.82) is 0 Å². The van der Waals surface area contributed by atoms with Crippen LogP contribution < -0.4 is 15.4 Å². The van der Waals surface area contributed by atoms with Crippen molar-refractivity contribution in [3.8, 4) is 5.75 Å². The molecule has 2 amide bonds.